The van der Waals surface area contributed by atoms with Gasteiger partial charge in [-0.05, 0) is 60.4 Å². The van der Waals surface area contributed by atoms with Gasteiger partial charge in [0.15, 0.2) is 0 Å². The average Bonchev–Trinajstić information content (AvgIpc) is 2.88. The standard InChI is InChI=1S/C30H31N3O2/c34-30-24-10-6-11-25-27(24)29(32-33-30)26(22-8-2-1-3-9-22)28(31-25)23-14-12-21(13-15-23)19-20-7-4-5-17-35-18-16-20/h1-3,6,8-15,20,26,28,31H,4-5,7,16-19H2,(H,33,34). The molecule has 0 amide bonds. The minimum Gasteiger partial charge on any atom is -0.381 e. The highest BCUT2D eigenvalue weighted by molar-refractivity contribution is 5.97. The molecule has 2 aliphatic heterocycles. The van der Waals surface area contributed by atoms with Crippen molar-refractivity contribution in [2.24, 2.45) is 5.92 Å². The Hall–Kier alpha value is -3.44. The molecule has 178 valence electrons. The molecular weight excluding hydrogens is 434 g/mol. The number of H-pyrrole nitrogens is 1. The number of hydrogen-bond acceptors (Lipinski definition) is 4. The summed E-state index contributed by atoms with van der Waals surface area (Å²) >= 11 is 0. The Morgan fingerprint density at radius 2 is 1.71 bits per heavy atom. The van der Waals surface area contributed by atoms with E-state index in [0.29, 0.717) is 11.3 Å². The first kappa shape index (κ1) is 22.1. The fraction of sp³-hybridized carbons (Fsp3) is 0.333. The second kappa shape index (κ2) is 9.67. The van der Waals surface area contributed by atoms with Crippen molar-refractivity contribution in [2.75, 3.05) is 18.5 Å². The van der Waals surface area contributed by atoms with Crippen LogP contribution in [-0.4, -0.2) is 23.4 Å². The molecule has 3 unspecified atom stereocenters. The van der Waals surface area contributed by atoms with Gasteiger partial charge in [-0.2, -0.15) is 5.10 Å². The van der Waals surface area contributed by atoms with Crippen molar-refractivity contribution in [1.82, 2.24) is 10.2 Å². The van der Waals surface area contributed by atoms with Gasteiger partial charge in [-0.25, -0.2) is 5.10 Å². The molecule has 3 aromatic carbocycles. The molecule has 1 aromatic heterocycles. The average molecular weight is 466 g/mol. The van der Waals surface area contributed by atoms with Crippen LogP contribution in [0, 0.1) is 5.92 Å². The summed E-state index contributed by atoms with van der Waals surface area (Å²) in [4.78, 5) is 12.5. The summed E-state index contributed by atoms with van der Waals surface area (Å²) in [6.45, 7) is 1.80. The molecule has 0 bridgehead atoms. The van der Waals surface area contributed by atoms with E-state index in [2.05, 4.69) is 64.0 Å². The second-order valence-electron chi connectivity index (χ2n) is 9.89. The molecule has 5 heteroatoms. The molecule has 2 N–H and O–H groups in total. The maximum absolute atomic E-state index is 12.5. The van der Waals surface area contributed by atoms with E-state index < -0.39 is 0 Å². The number of rotatable bonds is 4. The summed E-state index contributed by atoms with van der Waals surface area (Å²) in [5, 5.41) is 12.7. The van der Waals surface area contributed by atoms with E-state index in [0.717, 1.165) is 42.8 Å². The third-order valence-corrected chi connectivity index (χ3v) is 7.63. The van der Waals surface area contributed by atoms with Crippen molar-refractivity contribution in [3.05, 3.63) is 106 Å². The molecular formula is C30H31N3O2. The first-order valence-corrected chi connectivity index (χ1v) is 12.8. The summed E-state index contributed by atoms with van der Waals surface area (Å²) in [6.07, 6.45) is 5.97. The normalized spacial score (nSPS) is 22.2. The Kier molecular flexibility index (Phi) is 6.09. The lowest BCUT2D eigenvalue weighted by molar-refractivity contribution is 0.100. The van der Waals surface area contributed by atoms with Crippen molar-refractivity contribution < 1.29 is 4.74 Å². The van der Waals surface area contributed by atoms with E-state index in [1.54, 1.807) is 0 Å². The van der Waals surface area contributed by atoms with E-state index in [-0.39, 0.29) is 17.5 Å². The Bertz CT molecular complexity index is 1360. The molecule has 0 spiro atoms. The van der Waals surface area contributed by atoms with Crippen molar-refractivity contribution in [3.63, 3.8) is 0 Å². The molecule has 0 aliphatic carbocycles. The molecule has 0 radical (unpaired) electrons. The molecule has 0 saturated carbocycles. The Morgan fingerprint density at radius 1 is 0.857 bits per heavy atom. The largest absolute Gasteiger partial charge is 0.381 e. The van der Waals surface area contributed by atoms with Crippen LogP contribution in [0.25, 0.3) is 10.8 Å². The molecule has 35 heavy (non-hydrogen) atoms. The van der Waals surface area contributed by atoms with Gasteiger partial charge in [-0.1, -0.05) is 67.1 Å². The zero-order valence-corrected chi connectivity index (χ0v) is 19.9. The number of aromatic nitrogens is 2. The highest BCUT2D eigenvalue weighted by Gasteiger charge is 2.34. The first-order valence-electron chi connectivity index (χ1n) is 12.8. The first-order chi connectivity index (χ1) is 17.3. The minimum atomic E-state index is -0.151. The molecule has 3 heterocycles. The fourth-order valence-electron chi connectivity index (χ4n) is 5.82. The van der Waals surface area contributed by atoms with Gasteiger partial charge in [-0.15, -0.1) is 0 Å². The van der Waals surface area contributed by atoms with Crippen LogP contribution >= 0.6 is 0 Å². The smallest absolute Gasteiger partial charge is 0.272 e. The van der Waals surface area contributed by atoms with Crippen LogP contribution in [0.1, 0.15) is 60.0 Å². The quantitative estimate of drug-likeness (QED) is 0.390. The SMILES string of the molecule is O=c1[nH]nc2c3c(cccc13)NC(c1ccc(CC3CCCCOCC3)cc1)C2c1ccccc1. The summed E-state index contributed by atoms with van der Waals surface area (Å²) in [6, 6.07) is 25.4. The highest BCUT2D eigenvalue weighted by Crippen LogP contribution is 2.46. The van der Waals surface area contributed by atoms with Gasteiger partial charge in [0.1, 0.15) is 0 Å². The highest BCUT2D eigenvalue weighted by atomic mass is 16.5. The predicted octanol–water partition coefficient (Wildman–Crippen LogP) is 5.97. The van der Waals surface area contributed by atoms with E-state index >= 15 is 0 Å². The van der Waals surface area contributed by atoms with Crippen LogP contribution in [-0.2, 0) is 11.2 Å². The monoisotopic (exact) mass is 465 g/mol. The van der Waals surface area contributed by atoms with Gasteiger partial charge in [0.05, 0.1) is 23.0 Å². The number of aromatic amines is 1. The molecule has 4 aromatic rings. The number of hydrogen-bond donors (Lipinski definition) is 2. The predicted molar refractivity (Wildman–Crippen MR) is 140 cm³/mol. The zero-order valence-electron chi connectivity index (χ0n) is 19.9. The van der Waals surface area contributed by atoms with Gasteiger partial charge in [0, 0.05) is 24.3 Å². The third kappa shape index (κ3) is 4.37. The minimum absolute atomic E-state index is 0.0118. The van der Waals surface area contributed by atoms with Crippen LogP contribution in [0.15, 0.2) is 77.6 Å². The number of benzene rings is 3. The lowest BCUT2D eigenvalue weighted by Gasteiger charge is -2.34. The van der Waals surface area contributed by atoms with Crippen LogP contribution in [0.5, 0.6) is 0 Å². The Labute approximate surface area is 205 Å². The summed E-state index contributed by atoms with van der Waals surface area (Å²) in [5.41, 5.74) is 5.52. The van der Waals surface area contributed by atoms with Crippen LogP contribution in [0.2, 0.25) is 0 Å². The number of nitrogens with zero attached hydrogens (tertiary/aromatic N) is 1. The maximum atomic E-state index is 12.5. The Morgan fingerprint density at radius 3 is 2.57 bits per heavy atom. The van der Waals surface area contributed by atoms with Gasteiger partial charge < -0.3 is 10.1 Å². The molecule has 6 rings (SSSR count). The summed E-state index contributed by atoms with van der Waals surface area (Å²) in [7, 11) is 0. The van der Waals surface area contributed by atoms with Crippen LogP contribution in [0.4, 0.5) is 5.69 Å². The topological polar surface area (TPSA) is 67.0 Å². The number of anilines is 1. The van der Waals surface area contributed by atoms with Gasteiger partial charge in [0.2, 0.25) is 0 Å². The number of nitrogens with one attached hydrogen (secondary N) is 2. The van der Waals surface area contributed by atoms with Crippen molar-refractivity contribution in [1.29, 1.82) is 0 Å². The summed E-state index contributed by atoms with van der Waals surface area (Å²) < 4.78 is 5.72. The third-order valence-electron chi connectivity index (χ3n) is 7.63. The molecule has 2 aliphatic rings. The van der Waals surface area contributed by atoms with Gasteiger partial charge in [0.25, 0.3) is 5.56 Å². The summed E-state index contributed by atoms with van der Waals surface area (Å²) in [5.74, 6) is 0.676. The van der Waals surface area contributed by atoms with Crippen molar-refractivity contribution in [2.45, 2.75) is 44.1 Å². The fourth-order valence-corrected chi connectivity index (χ4v) is 5.82. The van der Waals surface area contributed by atoms with E-state index in [9.17, 15) is 4.79 Å². The van der Waals surface area contributed by atoms with Gasteiger partial charge >= 0.3 is 0 Å². The molecule has 1 saturated heterocycles. The number of ether oxygens (including phenoxy) is 1. The molecule has 3 atom stereocenters. The Balaban J connectivity index is 1.35. The second-order valence-corrected chi connectivity index (χ2v) is 9.89. The van der Waals surface area contributed by atoms with E-state index in [4.69, 9.17) is 4.74 Å². The van der Waals surface area contributed by atoms with Crippen LogP contribution < -0.4 is 10.9 Å². The lowest BCUT2D eigenvalue weighted by atomic mass is 9.79. The zero-order chi connectivity index (χ0) is 23.6. The van der Waals surface area contributed by atoms with Gasteiger partial charge in [-0.3, -0.25) is 4.79 Å². The maximum Gasteiger partial charge on any atom is 0.272 e. The lowest BCUT2D eigenvalue weighted by Crippen LogP contribution is -2.28. The molecule has 1 fully saturated rings. The van der Waals surface area contributed by atoms with E-state index in [1.807, 2.05) is 24.3 Å². The van der Waals surface area contributed by atoms with Crippen molar-refractivity contribution >= 4 is 16.5 Å². The molecule has 5 nitrogen and oxygen atoms in total. The van der Waals surface area contributed by atoms with Crippen LogP contribution in [0.3, 0.4) is 0 Å². The van der Waals surface area contributed by atoms with Crippen molar-refractivity contribution in [3.8, 4) is 0 Å². The van der Waals surface area contributed by atoms with E-state index in [1.165, 1.54) is 36.0 Å².